The van der Waals surface area contributed by atoms with E-state index in [9.17, 15) is 9.90 Å². The van der Waals surface area contributed by atoms with Crippen molar-refractivity contribution in [2.75, 3.05) is 0 Å². The number of unbranched alkanes of at least 4 members (excludes halogenated alkanes) is 1. The van der Waals surface area contributed by atoms with Gasteiger partial charge >= 0.3 is 0 Å². The summed E-state index contributed by atoms with van der Waals surface area (Å²) in [6, 6.07) is 0. The first-order valence-corrected chi connectivity index (χ1v) is 8.01. The summed E-state index contributed by atoms with van der Waals surface area (Å²) in [6.07, 6.45) is 5.62. The molecular weight excluding hydrogens is 248 g/mol. The Morgan fingerprint density at radius 2 is 2.05 bits per heavy atom. The van der Waals surface area contributed by atoms with Gasteiger partial charge in [-0.1, -0.05) is 32.8 Å². The van der Waals surface area contributed by atoms with Crippen LogP contribution in [0, 0.1) is 11.3 Å². The standard InChI is InChI=1S/C18H26O2/c1-5-6-7-13-16-15-11(2)14(19)8-12(15)9-18(16,20)10-17(13,3)4/h12,20H,5-10H2,1-4H3/t12-,18-/m0/s1. The zero-order valence-corrected chi connectivity index (χ0v) is 13.2. The van der Waals surface area contributed by atoms with Crippen LogP contribution in [0.5, 0.6) is 0 Å². The molecule has 110 valence electrons. The third-order valence-electron chi connectivity index (χ3n) is 5.61. The van der Waals surface area contributed by atoms with Crippen molar-refractivity contribution in [1.29, 1.82) is 0 Å². The highest BCUT2D eigenvalue weighted by Crippen LogP contribution is 2.62. The van der Waals surface area contributed by atoms with Crippen molar-refractivity contribution in [1.82, 2.24) is 0 Å². The van der Waals surface area contributed by atoms with E-state index in [1.807, 2.05) is 6.92 Å². The quantitative estimate of drug-likeness (QED) is 0.846. The Morgan fingerprint density at radius 1 is 1.35 bits per heavy atom. The lowest BCUT2D eigenvalue weighted by Gasteiger charge is -2.27. The summed E-state index contributed by atoms with van der Waals surface area (Å²) in [6.45, 7) is 8.67. The van der Waals surface area contributed by atoms with Crippen molar-refractivity contribution < 1.29 is 9.90 Å². The molecule has 1 fully saturated rings. The van der Waals surface area contributed by atoms with E-state index >= 15 is 0 Å². The number of ketones is 1. The monoisotopic (exact) mass is 274 g/mol. The molecule has 2 nitrogen and oxygen atoms in total. The third-order valence-corrected chi connectivity index (χ3v) is 5.61. The average molecular weight is 274 g/mol. The summed E-state index contributed by atoms with van der Waals surface area (Å²) in [7, 11) is 0. The maximum absolute atomic E-state index is 12.0. The summed E-state index contributed by atoms with van der Waals surface area (Å²) >= 11 is 0. The minimum atomic E-state index is -0.658. The molecular formula is C18H26O2. The molecule has 3 aliphatic rings. The SMILES string of the molecule is CCCCC1=C2C3=C(C)C(=O)C[C@H]3C[C@]2(O)CC1(C)C. The average Bonchev–Trinajstić information content (AvgIpc) is 2.80. The molecule has 0 aliphatic heterocycles. The van der Waals surface area contributed by atoms with Gasteiger partial charge in [-0.15, -0.1) is 0 Å². The van der Waals surface area contributed by atoms with E-state index in [-0.39, 0.29) is 11.3 Å². The fourth-order valence-corrected chi connectivity index (χ4v) is 4.86. The maximum atomic E-state index is 12.0. The fourth-order valence-electron chi connectivity index (χ4n) is 4.86. The molecule has 0 unspecified atom stereocenters. The summed E-state index contributed by atoms with van der Waals surface area (Å²) in [5.74, 6) is 0.578. The first kappa shape index (κ1) is 14.1. The molecule has 0 saturated heterocycles. The van der Waals surface area contributed by atoms with Gasteiger partial charge in [0.15, 0.2) is 5.78 Å². The van der Waals surface area contributed by atoms with Crippen molar-refractivity contribution in [3.8, 4) is 0 Å². The van der Waals surface area contributed by atoms with Gasteiger partial charge in [0.1, 0.15) is 0 Å². The summed E-state index contributed by atoms with van der Waals surface area (Å²) in [5, 5.41) is 11.1. The van der Waals surface area contributed by atoms with Gasteiger partial charge in [-0.3, -0.25) is 4.79 Å². The lowest BCUT2D eigenvalue weighted by molar-refractivity contribution is -0.115. The van der Waals surface area contributed by atoms with Crippen LogP contribution in [0.25, 0.3) is 0 Å². The molecule has 1 N–H and O–H groups in total. The van der Waals surface area contributed by atoms with Crippen LogP contribution in [-0.2, 0) is 4.79 Å². The van der Waals surface area contributed by atoms with Crippen LogP contribution in [0.4, 0.5) is 0 Å². The molecule has 2 heteroatoms. The second-order valence-electron chi connectivity index (χ2n) is 7.62. The van der Waals surface area contributed by atoms with Gasteiger partial charge in [0, 0.05) is 6.42 Å². The topological polar surface area (TPSA) is 37.3 Å². The molecule has 20 heavy (non-hydrogen) atoms. The number of hydrogen-bond acceptors (Lipinski definition) is 2. The van der Waals surface area contributed by atoms with Crippen LogP contribution in [0.3, 0.4) is 0 Å². The number of fused-ring (bicyclic) bond motifs is 3. The zero-order chi connectivity index (χ0) is 14.7. The molecule has 0 spiro atoms. The second kappa shape index (κ2) is 4.30. The molecule has 0 amide bonds. The summed E-state index contributed by atoms with van der Waals surface area (Å²) in [4.78, 5) is 12.0. The minimum absolute atomic E-state index is 0.0726. The first-order chi connectivity index (χ1) is 9.30. The number of allylic oxidation sites excluding steroid dienone is 2. The Balaban J connectivity index is 2.15. The number of aliphatic hydroxyl groups is 1. The lowest BCUT2D eigenvalue weighted by atomic mass is 9.79. The molecule has 3 rings (SSSR count). The predicted octanol–water partition coefficient (Wildman–Crippen LogP) is 3.94. The van der Waals surface area contributed by atoms with E-state index in [1.165, 1.54) is 29.6 Å². The second-order valence-corrected chi connectivity index (χ2v) is 7.62. The van der Waals surface area contributed by atoms with Crippen molar-refractivity contribution >= 4 is 5.78 Å². The van der Waals surface area contributed by atoms with Crippen LogP contribution < -0.4 is 0 Å². The van der Waals surface area contributed by atoms with Gasteiger partial charge in [0.2, 0.25) is 0 Å². The molecule has 0 bridgehead atoms. The van der Waals surface area contributed by atoms with E-state index in [0.717, 1.165) is 24.8 Å². The Labute approximate surface area is 122 Å². The molecule has 0 aromatic rings. The molecule has 0 heterocycles. The maximum Gasteiger partial charge on any atom is 0.159 e. The van der Waals surface area contributed by atoms with Gasteiger partial charge in [0.05, 0.1) is 5.60 Å². The van der Waals surface area contributed by atoms with E-state index in [4.69, 9.17) is 0 Å². The van der Waals surface area contributed by atoms with Crippen LogP contribution in [-0.4, -0.2) is 16.5 Å². The highest BCUT2D eigenvalue weighted by atomic mass is 16.3. The molecule has 2 atom stereocenters. The van der Waals surface area contributed by atoms with Gasteiger partial charge < -0.3 is 5.11 Å². The number of Topliss-reactive ketones (excluding diaryl/α,β-unsaturated/α-hetero) is 1. The van der Waals surface area contributed by atoms with Gasteiger partial charge in [-0.05, 0) is 60.7 Å². The highest BCUT2D eigenvalue weighted by molar-refractivity contribution is 6.00. The number of carbonyl (C=O) groups is 1. The van der Waals surface area contributed by atoms with Crippen molar-refractivity contribution in [3.63, 3.8) is 0 Å². The Kier molecular flexibility index (Phi) is 3.02. The van der Waals surface area contributed by atoms with Crippen LogP contribution >= 0.6 is 0 Å². The number of carbonyl (C=O) groups excluding carboxylic acids is 1. The minimum Gasteiger partial charge on any atom is -0.385 e. The summed E-state index contributed by atoms with van der Waals surface area (Å²) in [5.41, 5.74) is 4.15. The van der Waals surface area contributed by atoms with Gasteiger partial charge in [-0.25, -0.2) is 0 Å². The van der Waals surface area contributed by atoms with Crippen molar-refractivity contribution in [2.24, 2.45) is 11.3 Å². The van der Waals surface area contributed by atoms with Crippen molar-refractivity contribution in [2.45, 2.75) is 71.8 Å². The highest BCUT2D eigenvalue weighted by Gasteiger charge is 2.57. The van der Waals surface area contributed by atoms with E-state index in [0.29, 0.717) is 12.2 Å². The Morgan fingerprint density at radius 3 is 2.70 bits per heavy atom. The van der Waals surface area contributed by atoms with E-state index < -0.39 is 5.60 Å². The molecule has 0 radical (unpaired) electrons. The largest absolute Gasteiger partial charge is 0.385 e. The first-order valence-electron chi connectivity index (χ1n) is 8.01. The smallest absolute Gasteiger partial charge is 0.159 e. The van der Waals surface area contributed by atoms with Gasteiger partial charge in [-0.2, -0.15) is 0 Å². The summed E-state index contributed by atoms with van der Waals surface area (Å²) < 4.78 is 0. The zero-order valence-electron chi connectivity index (χ0n) is 13.2. The van der Waals surface area contributed by atoms with Gasteiger partial charge in [0.25, 0.3) is 0 Å². The van der Waals surface area contributed by atoms with Crippen molar-refractivity contribution in [3.05, 3.63) is 22.3 Å². The Bertz CT molecular complexity index is 536. The molecule has 0 aromatic carbocycles. The molecule has 1 saturated carbocycles. The molecule has 3 aliphatic carbocycles. The number of hydrogen-bond donors (Lipinski definition) is 1. The predicted molar refractivity (Wildman–Crippen MR) is 80.3 cm³/mol. The lowest BCUT2D eigenvalue weighted by Crippen LogP contribution is -2.27. The number of rotatable bonds is 3. The third kappa shape index (κ3) is 1.77. The van der Waals surface area contributed by atoms with Crippen LogP contribution in [0.2, 0.25) is 0 Å². The van der Waals surface area contributed by atoms with Crippen LogP contribution in [0.15, 0.2) is 22.3 Å². The normalized spacial score (nSPS) is 35.0. The fraction of sp³-hybridized carbons (Fsp3) is 0.722. The van der Waals surface area contributed by atoms with E-state index in [2.05, 4.69) is 20.8 Å². The Hall–Kier alpha value is -0.890. The molecule has 0 aromatic heterocycles. The van der Waals surface area contributed by atoms with Crippen LogP contribution in [0.1, 0.15) is 66.2 Å². The van der Waals surface area contributed by atoms with E-state index in [1.54, 1.807) is 0 Å².